The first-order valence-corrected chi connectivity index (χ1v) is 9.00. The molecule has 5 heteroatoms. The van der Waals surface area contributed by atoms with Gasteiger partial charge in [0, 0.05) is 52.2 Å². The zero-order valence-corrected chi connectivity index (χ0v) is 14.5. The van der Waals surface area contributed by atoms with Gasteiger partial charge in [-0.3, -0.25) is 14.5 Å². The third-order valence-corrected chi connectivity index (χ3v) is 5.09. The summed E-state index contributed by atoms with van der Waals surface area (Å²) in [6, 6.07) is 10.5. The first kappa shape index (κ1) is 17.0. The van der Waals surface area contributed by atoms with Crippen LogP contribution in [-0.4, -0.2) is 65.8 Å². The van der Waals surface area contributed by atoms with Gasteiger partial charge in [-0.05, 0) is 18.9 Å². The van der Waals surface area contributed by atoms with E-state index in [1.165, 1.54) is 5.56 Å². The smallest absolute Gasteiger partial charge is 0.228 e. The summed E-state index contributed by atoms with van der Waals surface area (Å²) in [5, 5.41) is 0. The lowest BCUT2D eigenvalue weighted by Gasteiger charge is -2.24. The van der Waals surface area contributed by atoms with E-state index in [2.05, 4.69) is 29.2 Å². The molecule has 0 aliphatic carbocycles. The molecule has 3 rings (SSSR count). The molecule has 1 aromatic carbocycles. The van der Waals surface area contributed by atoms with Gasteiger partial charge in [-0.1, -0.05) is 30.3 Å². The molecule has 2 fully saturated rings. The summed E-state index contributed by atoms with van der Waals surface area (Å²) in [5.41, 5.74) is 1.32. The maximum Gasteiger partial charge on any atom is 0.228 e. The van der Waals surface area contributed by atoms with Gasteiger partial charge in [0.15, 0.2) is 0 Å². The monoisotopic (exact) mass is 329 g/mol. The second kappa shape index (κ2) is 7.79. The Balaban J connectivity index is 1.53. The fourth-order valence-corrected chi connectivity index (χ4v) is 3.69. The lowest BCUT2D eigenvalue weighted by molar-refractivity contribution is -0.135. The van der Waals surface area contributed by atoms with Crippen LogP contribution in [0.25, 0.3) is 0 Å². The van der Waals surface area contributed by atoms with E-state index in [9.17, 15) is 9.59 Å². The molecule has 2 aliphatic rings. The molecule has 0 bridgehead atoms. The van der Waals surface area contributed by atoms with Crippen molar-refractivity contribution in [3.8, 4) is 0 Å². The summed E-state index contributed by atoms with van der Waals surface area (Å²) in [6.45, 7) is 7.70. The molecule has 0 saturated carbocycles. The van der Waals surface area contributed by atoms with Crippen LogP contribution in [0, 0.1) is 5.92 Å². The minimum atomic E-state index is -0.141. The third-order valence-electron chi connectivity index (χ3n) is 5.09. The summed E-state index contributed by atoms with van der Waals surface area (Å²) in [6.07, 6.45) is 1.38. The summed E-state index contributed by atoms with van der Waals surface area (Å²) in [5.74, 6) is 0.148. The molecule has 2 saturated heterocycles. The van der Waals surface area contributed by atoms with Crippen LogP contribution in [-0.2, 0) is 16.1 Å². The van der Waals surface area contributed by atoms with Gasteiger partial charge in [0.25, 0.3) is 0 Å². The highest BCUT2D eigenvalue weighted by molar-refractivity contribution is 5.89. The van der Waals surface area contributed by atoms with Crippen molar-refractivity contribution in [2.45, 2.75) is 26.3 Å². The van der Waals surface area contributed by atoms with Crippen molar-refractivity contribution in [2.75, 3.05) is 39.3 Å². The Morgan fingerprint density at radius 2 is 1.92 bits per heavy atom. The molecule has 1 unspecified atom stereocenters. The van der Waals surface area contributed by atoms with Crippen LogP contribution in [0.15, 0.2) is 30.3 Å². The Bertz CT molecular complexity index is 575. The fraction of sp³-hybridized carbons (Fsp3) is 0.579. The molecule has 24 heavy (non-hydrogen) atoms. The van der Waals surface area contributed by atoms with Crippen molar-refractivity contribution in [1.29, 1.82) is 0 Å². The van der Waals surface area contributed by atoms with Gasteiger partial charge in [0.2, 0.25) is 11.8 Å². The van der Waals surface area contributed by atoms with Crippen molar-refractivity contribution in [1.82, 2.24) is 14.7 Å². The van der Waals surface area contributed by atoms with E-state index in [0.29, 0.717) is 19.5 Å². The topological polar surface area (TPSA) is 43.9 Å². The lowest BCUT2D eigenvalue weighted by atomic mass is 10.1. The Hall–Kier alpha value is -1.88. The molecule has 130 valence electrons. The molecule has 2 heterocycles. The number of carbonyl (C=O) groups is 2. The van der Waals surface area contributed by atoms with E-state index in [-0.39, 0.29) is 17.7 Å². The number of benzene rings is 1. The van der Waals surface area contributed by atoms with Gasteiger partial charge >= 0.3 is 0 Å². The maximum atomic E-state index is 12.8. The zero-order valence-electron chi connectivity index (χ0n) is 14.5. The van der Waals surface area contributed by atoms with E-state index in [1.807, 2.05) is 17.9 Å². The van der Waals surface area contributed by atoms with Crippen LogP contribution in [0.4, 0.5) is 0 Å². The number of carbonyl (C=O) groups excluding carboxylic acids is 2. The second-order valence-corrected chi connectivity index (χ2v) is 6.77. The standard InChI is InChI=1S/C19H27N3O2/c1-2-21-15-17(13-18(21)23)19(24)22-10-6-9-20(11-12-22)14-16-7-4-3-5-8-16/h3-5,7-8,17H,2,6,9-15H2,1H3. The van der Waals surface area contributed by atoms with E-state index in [1.54, 1.807) is 4.90 Å². The van der Waals surface area contributed by atoms with Crippen molar-refractivity contribution >= 4 is 11.8 Å². The van der Waals surface area contributed by atoms with Gasteiger partial charge in [0.1, 0.15) is 0 Å². The quantitative estimate of drug-likeness (QED) is 0.843. The molecule has 1 atom stereocenters. The number of hydrogen-bond donors (Lipinski definition) is 0. The van der Waals surface area contributed by atoms with Crippen LogP contribution in [0.5, 0.6) is 0 Å². The van der Waals surface area contributed by atoms with E-state index in [4.69, 9.17) is 0 Å². The maximum absolute atomic E-state index is 12.8. The van der Waals surface area contributed by atoms with Gasteiger partial charge in [-0.2, -0.15) is 0 Å². The second-order valence-electron chi connectivity index (χ2n) is 6.77. The van der Waals surface area contributed by atoms with E-state index < -0.39 is 0 Å². The molecule has 5 nitrogen and oxygen atoms in total. The van der Waals surface area contributed by atoms with Crippen molar-refractivity contribution in [2.24, 2.45) is 5.92 Å². The van der Waals surface area contributed by atoms with Crippen molar-refractivity contribution < 1.29 is 9.59 Å². The Morgan fingerprint density at radius 3 is 2.62 bits per heavy atom. The molecule has 2 amide bonds. The Labute approximate surface area is 144 Å². The first-order valence-electron chi connectivity index (χ1n) is 9.00. The molecule has 1 aromatic rings. The highest BCUT2D eigenvalue weighted by Crippen LogP contribution is 2.21. The molecule has 0 N–H and O–H groups in total. The summed E-state index contributed by atoms with van der Waals surface area (Å²) in [7, 11) is 0. The molecular weight excluding hydrogens is 302 g/mol. The normalized spacial score (nSPS) is 22.7. The highest BCUT2D eigenvalue weighted by Gasteiger charge is 2.36. The minimum absolute atomic E-state index is 0.122. The minimum Gasteiger partial charge on any atom is -0.342 e. The summed E-state index contributed by atoms with van der Waals surface area (Å²) in [4.78, 5) is 30.8. The Morgan fingerprint density at radius 1 is 1.12 bits per heavy atom. The molecule has 0 aromatic heterocycles. The van der Waals surface area contributed by atoms with Crippen LogP contribution >= 0.6 is 0 Å². The highest BCUT2D eigenvalue weighted by atomic mass is 16.2. The number of likely N-dealkylation sites (tertiary alicyclic amines) is 1. The SMILES string of the molecule is CCN1CC(C(=O)N2CCCN(Cc3ccccc3)CC2)CC1=O. The number of amides is 2. The van der Waals surface area contributed by atoms with Crippen LogP contribution < -0.4 is 0 Å². The van der Waals surface area contributed by atoms with E-state index in [0.717, 1.165) is 39.1 Å². The summed E-state index contributed by atoms with van der Waals surface area (Å²) < 4.78 is 0. The molecular formula is C19H27N3O2. The first-order chi connectivity index (χ1) is 11.7. The zero-order chi connectivity index (χ0) is 16.9. The van der Waals surface area contributed by atoms with Gasteiger partial charge in [-0.25, -0.2) is 0 Å². The van der Waals surface area contributed by atoms with Crippen LogP contribution in [0.3, 0.4) is 0 Å². The van der Waals surface area contributed by atoms with Gasteiger partial charge in [0.05, 0.1) is 5.92 Å². The molecule has 2 aliphatic heterocycles. The van der Waals surface area contributed by atoms with E-state index >= 15 is 0 Å². The average molecular weight is 329 g/mol. The molecule has 0 radical (unpaired) electrons. The Kier molecular flexibility index (Phi) is 5.51. The van der Waals surface area contributed by atoms with Gasteiger partial charge < -0.3 is 9.80 Å². The largest absolute Gasteiger partial charge is 0.342 e. The van der Waals surface area contributed by atoms with Gasteiger partial charge in [-0.15, -0.1) is 0 Å². The summed E-state index contributed by atoms with van der Waals surface area (Å²) >= 11 is 0. The van der Waals surface area contributed by atoms with Crippen molar-refractivity contribution in [3.05, 3.63) is 35.9 Å². The number of hydrogen-bond acceptors (Lipinski definition) is 3. The van der Waals surface area contributed by atoms with Crippen LogP contribution in [0.2, 0.25) is 0 Å². The predicted octanol–water partition coefficient (Wildman–Crippen LogP) is 1.59. The lowest BCUT2D eigenvalue weighted by Crippen LogP contribution is -2.39. The average Bonchev–Trinajstić information content (AvgIpc) is 2.83. The van der Waals surface area contributed by atoms with Crippen LogP contribution in [0.1, 0.15) is 25.3 Å². The third kappa shape index (κ3) is 3.96. The van der Waals surface area contributed by atoms with Crippen molar-refractivity contribution in [3.63, 3.8) is 0 Å². The number of nitrogens with zero attached hydrogens (tertiary/aromatic N) is 3. The number of rotatable bonds is 4. The fourth-order valence-electron chi connectivity index (χ4n) is 3.69. The predicted molar refractivity (Wildman–Crippen MR) is 93.3 cm³/mol. The molecule has 0 spiro atoms.